The largest absolute Gasteiger partial charge is 0.748 e. The number of hydrogen-bond acceptors (Lipinski definition) is 10. The Bertz CT molecular complexity index is 3410. The van der Waals surface area contributed by atoms with Crippen molar-refractivity contribution < 1.29 is 35.1 Å². The molecule has 6 aromatic rings. The van der Waals surface area contributed by atoms with Gasteiger partial charge < -0.3 is 28.7 Å². The number of halogens is 6. The fourth-order valence-electron chi connectivity index (χ4n) is 9.25. The molecule has 22 heteroatoms. The number of imidazole rings is 2. The lowest BCUT2D eigenvalue weighted by atomic mass is 10.2. The van der Waals surface area contributed by atoms with Crippen molar-refractivity contribution >= 4 is 147 Å². The van der Waals surface area contributed by atoms with Crippen LogP contribution in [0, 0.1) is 0 Å². The van der Waals surface area contributed by atoms with Crippen LogP contribution in [0.25, 0.3) is 34.2 Å². The van der Waals surface area contributed by atoms with Crippen LogP contribution < -0.4 is 28.7 Å². The predicted octanol–water partition coefficient (Wildman–Crippen LogP) is 10.1. The standard InChI is InChI=1S/C48H48Cl6N8O6S2/c1-55-37-13-5-6-14-38(37)59(45(55)15-9-17-47-57(3)40-26-32(50)35(53)29-43(40)61(47)21-11-23-69(63,64)65)19-7-8-20-60-42-28-34(52)31(49)25-39(42)56(2)46(60)16-10-18-48-58(4)41-27-33(51)36(54)30-44(41)62(48)22-12-24-70(66,67)68/h5-6,9-10,13-18,25-30H,7-8,11-12,19-24H2,1-4H3. The fourth-order valence-corrected chi connectivity index (χ4v) is 11.2. The Kier molecular flexibility index (Phi) is 15.5. The van der Waals surface area contributed by atoms with E-state index in [0.29, 0.717) is 43.2 Å². The van der Waals surface area contributed by atoms with E-state index in [-0.39, 0.29) is 25.9 Å². The molecule has 370 valence electrons. The Hall–Kier alpha value is -4.46. The summed E-state index contributed by atoms with van der Waals surface area (Å²) in [6.45, 7) is 1.85. The van der Waals surface area contributed by atoms with Gasteiger partial charge in [-0.05, 0) is 74.2 Å². The number of fused-ring (bicyclic) bond motifs is 4. The molecule has 2 aliphatic heterocycles. The average molecular weight is 1110 g/mol. The molecule has 0 fully saturated rings. The molecule has 4 aromatic carbocycles. The molecule has 0 saturated heterocycles. The molecule has 0 unspecified atom stereocenters. The van der Waals surface area contributed by atoms with Gasteiger partial charge in [0.15, 0.2) is 22.1 Å². The Morgan fingerprint density at radius 3 is 1.44 bits per heavy atom. The molecular weight excluding hydrogens is 1060 g/mol. The second-order valence-electron chi connectivity index (χ2n) is 17.0. The number of rotatable bonds is 17. The van der Waals surface area contributed by atoms with Gasteiger partial charge in [0.2, 0.25) is 0 Å². The highest BCUT2D eigenvalue weighted by atomic mass is 35.5. The van der Waals surface area contributed by atoms with Crippen LogP contribution in [-0.4, -0.2) is 73.8 Å². The molecular formula is C48H48Cl6N8O6S2. The molecule has 70 heavy (non-hydrogen) atoms. The molecule has 0 atom stereocenters. The van der Waals surface area contributed by atoms with E-state index in [0.717, 1.165) is 80.9 Å². The van der Waals surface area contributed by atoms with Crippen molar-refractivity contribution in [2.45, 2.75) is 38.8 Å². The van der Waals surface area contributed by atoms with Crippen molar-refractivity contribution in [3.63, 3.8) is 0 Å². The van der Waals surface area contributed by atoms with Gasteiger partial charge in [-0.3, -0.25) is 0 Å². The predicted molar refractivity (Wildman–Crippen MR) is 283 cm³/mol. The molecule has 4 heterocycles. The highest BCUT2D eigenvalue weighted by molar-refractivity contribution is 7.85. The number of hydrogen-bond donors (Lipinski definition) is 0. The maximum Gasteiger partial charge on any atom is 0.282 e. The monoisotopic (exact) mass is 1110 g/mol. The van der Waals surface area contributed by atoms with E-state index in [1.807, 2.05) is 108 Å². The van der Waals surface area contributed by atoms with Gasteiger partial charge in [0.25, 0.3) is 11.6 Å². The van der Waals surface area contributed by atoms with Crippen molar-refractivity contribution in [2.75, 3.05) is 58.3 Å². The minimum absolute atomic E-state index is 0.109. The Morgan fingerprint density at radius 2 is 0.914 bits per heavy atom. The first kappa shape index (κ1) is 51.9. The highest BCUT2D eigenvalue weighted by Gasteiger charge is 2.32. The van der Waals surface area contributed by atoms with Gasteiger partial charge in [-0.1, -0.05) is 93.9 Å². The lowest BCUT2D eigenvalue weighted by Crippen LogP contribution is -2.31. The molecule has 2 aliphatic rings. The van der Waals surface area contributed by atoms with Gasteiger partial charge in [-0.25, -0.2) is 35.1 Å². The van der Waals surface area contributed by atoms with E-state index in [2.05, 4.69) is 31.1 Å². The Labute approximate surface area is 437 Å². The molecule has 2 aromatic heterocycles. The molecule has 8 rings (SSSR count). The van der Waals surface area contributed by atoms with Crippen molar-refractivity contribution in [1.29, 1.82) is 0 Å². The number of anilines is 4. The average Bonchev–Trinajstić information content (AvgIpc) is 3.89. The van der Waals surface area contributed by atoms with Crippen LogP contribution in [0.5, 0.6) is 0 Å². The molecule has 0 bridgehead atoms. The fraction of sp³-hybridized carbons (Fsp3) is 0.292. The number of aromatic nitrogens is 4. The van der Waals surface area contributed by atoms with E-state index in [1.165, 1.54) is 0 Å². The topological polar surface area (TPSA) is 145 Å². The van der Waals surface area contributed by atoms with Crippen molar-refractivity contribution in [1.82, 2.24) is 9.13 Å². The highest BCUT2D eigenvalue weighted by Crippen LogP contribution is 2.46. The van der Waals surface area contributed by atoms with Crippen LogP contribution in [0.15, 0.2) is 96.6 Å². The molecule has 0 amide bonds. The van der Waals surface area contributed by atoms with Gasteiger partial charge in [-0.2, -0.15) is 0 Å². The summed E-state index contributed by atoms with van der Waals surface area (Å²) in [4.78, 5) is 8.17. The molecule has 14 nitrogen and oxygen atoms in total. The first-order valence-corrected chi connectivity index (χ1v) is 27.5. The number of nitrogens with zero attached hydrogens (tertiary/aromatic N) is 8. The first-order chi connectivity index (χ1) is 33.1. The first-order valence-electron chi connectivity index (χ1n) is 22.1. The summed E-state index contributed by atoms with van der Waals surface area (Å²) in [6, 6.07) is 19.0. The van der Waals surface area contributed by atoms with Crippen molar-refractivity contribution in [3.8, 4) is 0 Å². The lowest BCUT2D eigenvalue weighted by Gasteiger charge is -2.23. The smallest absolute Gasteiger partial charge is 0.282 e. The van der Waals surface area contributed by atoms with Crippen LogP contribution in [0.3, 0.4) is 0 Å². The number of aryl methyl sites for hydroxylation is 4. The molecule has 0 spiro atoms. The number of benzene rings is 4. The number of allylic oxidation sites excluding steroid dienone is 4. The van der Waals surface area contributed by atoms with E-state index in [4.69, 9.17) is 69.6 Å². The maximum atomic E-state index is 11.5. The molecule has 0 aliphatic carbocycles. The van der Waals surface area contributed by atoms with Gasteiger partial charge in [0.1, 0.15) is 11.6 Å². The Morgan fingerprint density at radius 1 is 0.514 bits per heavy atom. The van der Waals surface area contributed by atoms with Crippen molar-refractivity contribution in [3.05, 3.63) is 138 Å². The second kappa shape index (κ2) is 20.9. The summed E-state index contributed by atoms with van der Waals surface area (Å²) in [5.41, 5.74) is 6.98. The summed E-state index contributed by atoms with van der Waals surface area (Å²) in [5.74, 6) is 2.32. The van der Waals surface area contributed by atoms with Crippen LogP contribution in [-0.2, 0) is 47.4 Å². The van der Waals surface area contributed by atoms with Gasteiger partial charge in [0.05, 0.1) is 100 Å². The van der Waals surface area contributed by atoms with Crippen LogP contribution in [0.1, 0.15) is 37.3 Å². The van der Waals surface area contributed by atoms with E-state index in [1.54, 1.807) is 24.3 Å². The third-order valence-corrected chi connectivity index (χ3v) is 16.3. The Balaban J connectivity index is 1.06. The van der Waals surface area contributed by atoms with Crippen LogP contribution in [0.2, 0.25) is 30.1 Å². The summed E-state index contributed by atoms with van der Waals surface area (Å²) >= 11 is 38.9. The number of unbranched alkanes of at least 4 members (excludes halogenated alkanes) is 1. The molecule has 0 N–H and O–H groups in total. The summed E-state index contributed by atoms with van der Waals surface area (Å²) in [6.07, 6.45) is 13.6. The zero-order chi connectivity index (χ0) is 50.4. The quantitative estimate of drug-likeness (QED) is 0.0492. The van der Waals surface area contributed by atoms with Crippen LogP contribution >= 0.6 is 69.6 Å². The van der Waals surface area contributed by atoms with Gasteiger partial charge in [0, 0.05) is 63.0 Å². The SMILES string of the molecule is CN1/C(=C/C=C/c2n(CCCS(=O)(=O)[O-])c3cc(Cl)c(Cl)cc3[n+]2C)N(CCCCn2c(/C=C/C=C3\N(C)c4cc(Cl)c(Cl)cc4N3CCCS(=O)(=O)[O-])[n+](C)c3ccccc32)c2cc(Cl)c(Cl)cc21. The minimum Gasteiger partial charge on any atom is -0.748 e. The van der Waals surface area contributed by atoms with Crippen LogP contribution in [0.4, 0.5) is 22.7 Å². The second-order valence-corrected chi connectivity index (χ2v) is 22.5. The normalized spacial score (nSPS) is 15.5. The summed E-state index contributed by atoms with van der Waals surface area (Å²) < 4.78 is 77.4. The third kappa shape index (κ3) is 10.8. The van der Waals surface area contributed by atoms with Gasteiger partial charge in [-0.15, -0.1) is 0 Å². The van der Waals surface area contributed by atoms with Crippen molar-refractivity contribution in [2.24, 2.45) is 14.1 Å². The minimum atomic E-state index is -4.42. The third-order valence-electron chi connectivity index (χ3n) is 12.6. The summed E-state index contributed by atoms with van der Waals surface area (Å²) in [5, 5.41) is 2.34. The molecule has 0 radical (unpaired) electrons. The summed E-state index contributed by atoms with van der Waals surface area (Å²) in [7, 11) is -1.05. The lowest BCUT2D eigenvalue weighted by molar-refractivity contribution is -0.647. The van der Waals surface area contributed by atoms with Gasteiger partial charge >= 0.3 is 0 Å². The van der Waals surface area contributed by atoms with E-state index >= 15 is 0 Å². The zero-order valence-corrected chi connectivity index (χ0v) is 44.6. The number of para-hydroxylation sites is 2. The molecule has 0 saturated carbocycles. The van der Waals surface area contributed by atoms with E-state index in [9.17, 15) is 25.9 Å². The maximum absolute atomic E-state index is 11.5. The zero-order valence-electron chi connectivity index (χ0n) is 38.4. The van der Waals surface area contributed by atoms with E-state index < -0.39 is 31.7 Å².